The quantitative estimate of drug-likeness (QED) is 0.577. The van der Waals surface area contributed by atoms with E-state index in [1.54, 1.807) is 12.1 Å². The number of hydrogen-bond donors (Lipinski definition) is 3. The Kier molecular flexibility index (Phi) is 6.60. The second-order valence-corrected chi connectivity index (χ2v) is 6.20. The molecule has 1 rings (SSSR count). The fourth-order valence-corrected chi connectivity index (χ4v) is 2.76. The summed E-state index contributed by atoms with van der Waals surface area (Å²) in [5, 5.41) is 2.44. The Hall–Kier alpha value is -1.64. The summed E-state index contributed by atoms with van der Waals surface area (Å²) in [5.74, 6) is 0.332. The van der Waals surface area contributed by atoms with E-state index >= 15 is 0 Å². The number of ether oxygens (including phenoxy) is 1. The minimum atomic E-state index is -3.56. The number of nitrogens with two attached hydrogens (primary N) is 1. The molecule has 0 bridgehead atoms. The lowest BCUT2D eigenvalue weighted by molar-refractivity contribution is -0.122. The average Bonchev–Trinajstić information content (AvgIpc) is 2.50. The first-order valence-corrected chi connectivity index (χ1v) is 8.00. The van der Waals surface area contributed by atoms with Crippen molar-refractivity contribution in [3.63, 3.8) is 0 Å². The van der Waals surface area contributed by atoms with Gasteiger partial charge in [-0.25, -0.2) is 13.1 Å². The molecule has 21 heavy (non-hydrogen) atoms. The van der Waals surface area contributed by atoms with Crippen molar-refractivity contribution in [2.24, 2.45) is 5.73 Å². The molecular weight excluding hydrogens is 294 g/mol. The molecule has 0 radical (unpaired) electrons. The molecule has 0 aliphatic carbocycles. The molecule has 0 aliphatic heterocycles. The van der Waals surface area contributed by atoms with Crippen LogP contribution in [-0.2, 0) is 14.8 Å². The van der Waals surface area contributed by atoms with Gasteiger partial charge in [0.25, 0.3) is 0 Å². The Morgan fingerprint density at radius 2 is 1.95 bits per heavy atom. The maximum atomic E-state index is 12.0. The molecule has 0 saturated carbocycles. The van der Waals surface area contributed by atoms with Crippen LogP contribution in [0.15, 0.2) is 29.2 Å². The molecule has 0 aromatic heterocycles. The fraction of sp³-hybridized carbons (Fsp3) is 0.462. The van der Waals surface area contributed by atoms with Gasteiger partial charge in [0.15, 0.2) is 0 Å². The van der Waals surface area contributed by atoms with Crippen LogP contribution >= 0.6 is 0 Å². The van der Waals surface area contributed by atoms with Crippen molar-refractivity contribution in [2.45, 2.75) is 23.8 Å². The highest BCUT2D eigenvalue weighted by molar-refractivity contribution is 7.89. The van der Waals surface area contributed by atoms with Crippen LogP contribution in [0.4, 0.5) is 0 Å². The molecule has 0 aliphatic rings. The highest BCUT2D eigenvalue weighted by Crippen LogP contribution is 2.15. The van der Waals surface area contributed by atoms with Crippen molar-refractivity contribution in [1.82, 2.24) is 10.0 Å². The van der Waals surface area contributed by atoms with E-state index in [-0.39, 0.29) is 17.3 Å². The molecule has 118 valence electrons. The van der Waals surface area contributed by atoms with Crippen LogP contribution < -0.4 is 20.5 Å². The maximum Gasteiger partial charge on any atom is 0.240 e. The summed E-state index contributed by atoms with van der Waals surface area (Å²) < 4.78 is 31.5. The second kappa shape index (κ2) is 7.96. The third kappa shape index (κ3) is 5.33. The lowest BCUT2D eigenvalue weighted by Crippen LogP contribution is -2.39. The number of sulfonamides is 1. The number of benzene rings is 1. The van der Waals surface area contributed by atoms with E-state index in [0.717, 1.165) is 0 Å². The Morgan fingerprint density at radius 1 is 1.33 bits per heavy atom. The van der Waals surface area contributed by atoms with E-state index in [2.05, 4.69) is 10.0 Å². The van der Waals surface area contributed by atoms with Crippen LogP contribution in [0.5, 0.6) is 5.75 Å². The van der Waals surface area contributed by atoms with E-state index in [0.29, 0.717) is 18.6 Å². The summed E-state index contributed by atoms with van der Waals surface area (Å²) in [5.41, 5.74) is 5.62. The van der Waals surface area contributed by atoms with Crippen molar-refractivity contribution >= 4 is 15.9 Å². The van der Waals surface area contributed by atoms with Gasteiger partial charge in [-0.05, 0) is 37.1 Å². The van der Waals surface area contributed by atoms with E-state index in [9.17, 15) is 13.2 Å². The van der Waals surface area contributed by atoms with Crippen LogP contribution in [-0.4, -0.2) is 41.1 Å². The number of hydrogen-bond acceptors (Lipinski definition) is 5. The van der Waals surface area contributed by atoms with Crippen LogP contribution in [0.3, 0.4) is 0 Å². The molecule has 1 atom stereocenters. The molecule has 0 fully saturated rings. The molecular formula is C13H21N3O4S. The Morgan fingerprint density at radius 3 is 2.48 bits per heavy atom. The summed E-state index contributed by atoms with van der Waals surface area (Å²) in [6.07, 6.45) is 0.884. The number of amides is 1. The first-order valence-electron chi connectivity index (χ1n) is 6.51. The van der Waals surface area contributed by atoms with Gasteiger partial charge in [0, 0.05) is 13.6 Å². The van der Waals surface area contributed by atoms with E-state index in [1.165, 1.54) is 26.3 Å². The van der Waals surface area contributed by atoms with Gasteiger partial charge in [0.05, 0.1) is 18.0 Å². The molecule has 1 unspecified atom stereocenters. The predicted octanol–water partition coefficient (Wildman–Crippen LogP) is -0.173. The van der Waals surface area contributed by atoms with Crippen molar-refractivity contribution in [1.29, 1.82) is 0 Å². The molecule has 1 aromatic carbocycles. The molecule has 0 saturated heterocycles. The third-order valence-electron chi connectivity index (χ3n) is 2.94. The Balaban J connectivity index is 2.48. The van der Waals surface area contributed by atoms with Crippen LogP contribution in [0, 0.1) is 0 Å². The van der Waals surface area contributed by atoms with E-state index in [4.69, 9.17) is 10.5 Å². The molecule has 1 aromatic rings. The summed E-state index contributed by atoms with van der Waals surface area (Å²) in [4.78, 5) is 11.4. The molecule has 0 heterocycles. The van der Waals surface area contributed by atoms with E-state index < -0.39 is 16.1 Å². The number of likely N-dealkylation sites (N-methyl/N-ethyl adjacent to an activating group) is 1. The van der Waals surface area contributed by atoms with Crippen LogP contribution in [0.2, 0.25) is 0 Å². The smallest absolute Gasteiger partial charge is 0.240 e. The zero-order valence-corrected chi connectivity index (χ0v) is 12.9. The lowest BCUT2D eigenvalue weighted by Gasteiger charge is -2.10. The minimum Gasteiger partial charge on any atom is -0.497 e. The lowest BCUT2D eigenvalue weighted by atomic mass is 10.1. The zero-order chi connectivity index (χ0) is 15.9. The summed E-state index contributed by atoms with van der Waals surface area (Å²) in [6, 6.07) is 5.47. The summed E-state index contributed by atoms with van der Waals surface area (Å²) in [6.45, 7) is 0.221. The van der Waals surface area contributed by atoms with Crippen molar-refractivity contribution in [3.05, 3.63) is 24.3 Å². The first-order chi connectivity index (χ1) is 9.90. The first kappa shape index (κ1) is 17.4. The average molecular weight is 315 g/mol. The Labute approximate surface area is 124 Å². The second-order valence-electron chi connectivity index (χ2n) is 4.44. The largest absolute Gasteiger partial charge is 0.497 e. The standard InChI is InChI=1S/C13H21N3O4S/c1-15-13(17)12(14)4-3-9-16-21(18,19)11-7-5-10(20-2)6-8-11/h5-8,12,16H,3-4,9,14H2,1-2H3,(H,15,17). The van der Waals surface area contributed by atoms with Gasteiger partial charge < -0.3 is 15.8 Å². The Bertz CT molecular complexity index is 557. The molecule has 4 N–H and O–H groups in total. The molecule has 7 nitrogen and oxygen atoms in total. The number of rotatable bonds is 8. The van der Waals surface area contributed by atoms with E-state index in [1.807, 2.05) is 0 Å². The summed E-state index contributed by atoms with van der Waals surface area (Å²) >= 11 is 0. The van der Waals surface area contributed by atoms with Gasteiger partial charge in [0.1, 0.15) is 5.75 Å². The molecule has 0 spiro atoms. The third-order valence-corrected chi connectivity index (χ3v) is 4.41. The van der Waals surface area contributed by atoms with Crippen molar-refractivity contribution < 1.29 is 17.9 Å². The molecule has 8 heteroatoms. The number of carbonyl (C=O) groups excluding carboxylic acids is 1. The van der Waals surface area contributed by atoms with Gasteiger partial charge >= 0.3 is 0 Å². The predicted molar refractivity (Wildman–Crippen MR) is 79.5 cm³/mol. The highest BCUT2D eigenvalue weighted by atomic mass is 32.2. The SMILES string of the molecule is CNC(=O)C(N)CCCNS(=O)(=O)c1ccc(OC)cc1. The van der Waals surface area contributed by atoms with Gasteiger partial charge in [-0.3, -0.25) is 4.79 Å². The number of carbonyl (C=O) groups is 1. The van der Waals surface area contributed by atoms with Crippen molar-refractivity contribution in [3.8, 4) is 5.75 Å². The number of methoxy groups -OCH3 is 1. The normalized spacial score (nSPS) is 12.7. The number of nitrogens with one attached hydrogen (secondary N) is 2. The maximum absolute atomic E-state index is 12.0. The van der Waals surface area contributed by atoms with Gasteiger partial charge in [-0.2, -0.15) is 0 Å². The monoisotopic (exact) mass is 315 g/mol. The van der Waals surface area contributed by atoms with Crippen LogP contribution in [0.1, 0.15) is 12.8 Å². The summed E-state index contributed by atoms with van der Waals surface area (Å²) in [7, 11) is -0.536. The van der Waals surface area contributed by atoms with Gasteiger partial charge in [0.2, 0.25) is 15.9 Å². The van der Waals surface area contributed by atoms with Gasteiger partial charge in [-0.15, -0.1) is 0 Å². The fourth-order valence-electron chi connectivity index (χ4n) is 1.68. The highest BCUT2D eigenvalue weighted by Gasteiger charge is 2.15. The minimum absolute atomic E-state index is 0.166. The zero-order valence-electron chi connectivity index (χ0n) is 12.1. The van der Waals surface area contributed by atoms with Gasteiger partial charge in [-0.1, -0.05) is 0 Å². The molecule has 1 amide bonds. The topological polar surface area (TPSA) is 111 Å². The van der Waals surface area contributed by atoms with Crippen molar-refractivity contribution in [2.75, 3.05) is 20.7 Å². The van der Waals surface area contributed by atoms with Crippen LogP contribution in [0.25, 0.3) is 0 Å².